The van der Waals surface area contributed by atoms with Crippen LogP contribution in [0.2, 0.25) is 0 Å². The van der Waals surface area contributed by atoms with Gasteiger partial charge in [-0.3, -0.25) is 4.79 Å². The largest absolute Gasteiger partial charge is 0.508 e. The van der Waals surface area contributed by atoms with E-state index in [1.165, 1.54) is 18.2 Å². The van der Waals surface area contributed by atoms with Gasteiger partial charge in [0.1, 0.15) is 24.0 Å². The first-order chi connectivity index (χ1) is 15.4. The number of phenolic OH excluding ortho intramolecular Hbond substituents is 1. The number of nitrogens with one attached hydrogen (secondary N) is 1. The number of nitrogens with zero attached hydrogens (tertiary/aromatic N) is 1. The van der Waals surface area contributed by atoms with E-state index in [0.29, 0.717) is 29.4 Å². The highest BCUT2D eigenvalue weighted by atomic mass is 127. The van der Waals surface area contributed by atoms with Gasteiger partial charge in [-0.15, -0.1) is 0 Å². The summed E-state index contributed by atoms with van der Waals surface area (Å²) in [6, 6.07) is 19.5. The number of benzene rings is 3. The first-order valence-corrected chi connectivity index (χ1v) is 11.5. The highest BCUT2D eigenvalue weighted by Gasteiger charge is 2.14. The van der Waals surface area contributed by atoms with E-state index in [2.05, 4.69) is 50.5 Å². The second kappa shape index (κ2) is 11.2. The molecule has 0 unspecified atom stereocenters. The van der Waals surface area contributed by atoms with Crippen molar-refractivity contribution in [2.24, 2.45) is 0 Å². The lowest BCUT2D eigenvalue weighted by Gasteiger charge is -2.14. The number of methoxy groups -OCH3 is 1. The average Bonchev–Trinajstić information content (AvgIpc) is 2.79. The van der Waals surface area contributed by atoms with Gasteiger partial charge >= 0.3 is 0 Å². The Balaban J connectivity index is 1.80. The fourth-order valence-corrected chi connectivity index (χ4v) is 3.90. The van der Waals surface area contributed by atoms with Crippen molar-refractivity contribution in [3.8, 4) is 23.3 Å². The number of hydrogen-bond donors (Lipinski definition) is 2. The molecule has 0 aliphatic heterocycles. The van der Waals surface area contributed by atoms with Crippen molar-refractivity contribution < 1.29 is 19.4 Å². The maximum Gasteiger partial charge on any atom is 0.266 e. The summed E-state index contributed by atoms with van der Waals surface area (Å²) in [6.45, 7) is 0.386. The number of aromatic hydroxyl groups is 1. The van der Waals surface area contributed by atoms with Crippen molar-refractivity contribution in [3.63, 3.8) is 0 Å². The van der Waals surface area contributed by atoms with E-state index in [9.17, 15) is 15.2 Å². The van der Waals surface area contributed by atoms with Crippen molar-refractivity contribution in [2.75, 3.05) is 12.4 Å². The van der Waals surface area contributed by atoms with Gasteiger partial charge in [-0.1, -0.05) is 12.1 Å². The van der Waals surface area contributed by atoms with E-state index in [-0.39, 0.29) is 11.3 Å². The minimum absolute atomic E-state index is 0.0662. The van der Waals surface area contributed by atoms with Gasteiger partial charge in [0.2, 0.25) is 0 Å². The smallest absolute Gasteiger partial charge is 0.266 e. The number of carbonyl (C=O) groups is 1. The fraction of sp³-hybridized carbons (Fsp3) is 0.0833. The summed E-state index contributed by atoms with van der Waals surface area (Å²) < 4.78 is 13.4. The number of amides is 1. The summed E-state index contributed by atoms with van der Waals surface area (Å²) >= 11 is 4.39. The van der Waals surface area contributed by atoms with Crippen molar-refractivity contribution >= 4 is 62.9 Å². The lowest BCUT2D eigenvalue weighted by atomic mass is 10.1. The maximum atomic E-state index is 12.5. The number of rotatable bonds is 7. The van der Waals surface area contributed by atoms with Crippen molar-refractivity contribution in [1.82, 2.24) is 0 Å². The molecule has 0 fully saturated rings. The van der Waals surface area contributed by atoms with E-state index in [4.69, 9.17) is 9.47 Å². The van der Waals surface area contributed by atoms with Crippen LogP contribution in [0.1, 0.15) is 11.1 Å². The third-order valence-corrected chi connectivity index (χ3v) is 5.87. The molecule has 0 aliphatic rings. The molecule has 0 bridgehead atoms. The topological polar surface area (TPSA) is 91.6 Å². The van der Waals surface area contributed by atoms with Crippen LogP contribution in [0, 0.1) is 18.5 Å². The highest BCUT2D eigenvalue weighted by molar-refractivity contribution is 14.1. The van der Waals surface area contributed by atoms with Crippen LogP contribution < -0.4 is 14.8 Å². The Kier molecular flexibility index (Phi) is 8.35. The molecular weight excluding hydrogens is 634 g/mol. The molecule has 3 rings (SSSR count). The molecule has 0 radical (unpaired) electrons. The molecule has 0 atom stereocenters. The van der Waals surface area contributed by atoms with Gasteiger partial charge in [0.25, 0.3) is 5.91 Å². The lowest BCUT2D eigenvalue weighted by molar-refractivity contribution is -0.112. The Labute approximate surface area is 213 Å². The van der Waals surface area contributed by atoms with E-state index in [0.717, 1.165) is 12.7 Å². The third-order valence-electron chi connectivity index (χ3n) is 4.35. The van der Waals surface area contributed by atoms with Crippen LogP contribution in [0.15, 0.2) is 66.2 Å². The van der Waals surface area contributed by atoms with Crippen LogP contribution in [0.5, 0.6) is 17.2 Å². The number of hydrogen-bond acceptors (Lipinski definition) is 5. The van der Waals surface area contributed by atoms with Crippen LogP contribution in [0.25, 0.3) is 6.08 Å². The minimum Gasteiger partial charge on any atom is -0.508 e. The molecule has 32 heavy (non-hydrogen) atoms. The number of anilines is 1. The van der Waals surface area contributed by atoms with Crippen molar-refractivity contribution in [1.29, 1.82) is 5.26 Å². The van der Waals surface area contributed by atoms with Gasteiger partial charge in [-0.2, -0.15) is 5.26 Å². The Hall–Kier alpha value is -2.78. The number of phenols is 1. The molecule has 1 amide bonds. The second-order valence-corrected chi connectivity index (χ2v) is 9.03. The Morgan fingerprint density at radius 2 is 1.81 bits per heavy atom. The summed E-state index contributed by atoms with van der Waals surface area (Å²) in [5.41, 5.74) is 2.07. The SMILES string of the molecule is COc1cc(/C=C(\C#N)C(=O)Nc2ccc(O)cc2)cc(I)c1OCc1ccc(I)cc1. The molecule has 3 aromatic rings. The predicted octanol–water partition coefficient (Wildman–Crippen LogP) is 5.73. The molecule has 0 heterocycles. The lowest BCUT2D eigenvalue weighted by Crippen LogP contribution is -2.13. The molecule has 3 aromatic carbocycles. The monoisotopic (exact) mass is 652 g/mol. The van der Waals surface area contributed by atoms with Crippen LogP contribution in [0.4, 0.5) is 5.69 Å². The summed E-state index contributed by atoms with van der Waals surface area (Å²) in [7, 11) is 1.54. The Bertz CT molecular complexity index is 1180. The Morgan fingerprint density at radius 1 is 1.12 bits per heavy atom. The van der Waals surface area contributed by atoms with E-state index in [1.807, 2.05) is 36.4 Å². The van der Waals surface area contributed by atoms with Crippen LogP contribution in [-0.2, 0) is 11.4 Å². The molecule has 8 heteroatoms. The summed E-state index contributed by atoms with van der Waals surface area (Å²) in [5, 5.41) is 21.5. The standard InChI is InChI=1S/C24H18I2N2O4/c1-31-22-12-16(10-17(13-27)24(30)28-19-6-8-20(29)9-7-19)11-21(26)23(22)32-14-15-2-4-18(25)5-3-15/h2-12,29H,14H2,1H3,(H,28,30)/b17-10+. The van der Waals surface area contributed by atoms with Crippen molar-refractivity contribution in [3.05, 3.63) is 84.5 Å². The zero-order chi connectivity index (χ0) is 23.1. The maximum absolute atomic E-state index is 12.5. The fourth-order valence-electron chi connectivity index (χ4n) is 2.76. The highest BCUT2D eigenvalue weighted by Crippen LogP contribution is 2.35. The zero-order valence-electron chi connectivity index (χ0n) is 16.9. The predicted molar refractivity (Wildman–Crippen MR) is 140 cm³/mol. The molecule has 0 spiro atoms. The van der Waals surface area contributed by atoms with Crippen LogP contribution >= 0.6 is 45.2 Å². The van der Waals surface area contributed by atoms with Gasteiger partial charge in [-0.05, 0) is 111 Å². The molecule has 0 saturated heterocycles. The van der Waals surface area contributed by atoms with Gasteiger partial charge in [-0.25, -0.2) is 0 Å². The van der Waals surface area contributed by atoms with Gasteiger partial charge in [0.15, 0.2) is 11.5 Å². The quantitative estimate of drug-likeness (QED) is 0.147. The van der Waals surface area contributed by atoms with Gasteiger partial charge in [0, 0.05) is 9.26 Å². The molecule has 2 N–H and O–H groups in total. The van der Waals surface area contributed by atoms with E-state index < -0.39 is 5.91 Å². The number of carbonyl (C=O) groups excluding carboxylic acids is 1. The molecule has 0 aromatic heterocycles. The van der Waals surface area contributed by atoms with E-state index in [1.54, 1.807) is 25.3 Å². The molecule has 0 saturated carbocycles. The summed E-state index contributed by atoms with van der Waals surface area (Å²) in [5.74, 6) is 0.636. The normalized spacial score (nSPS) is 10.9. The molecule has 6 nitrogen and oxygen atoms in total. The van der Waals surface area contributed by atoms with E-state index >= 15 is 0 Å². The van der Waals surface area contributed by atoms with Gasteiger partial charge in [0.05, 0.1) is 10.7 Å². The first-order valence-electron chi connectivity index (χ1n) is 9.36. The second-order valence-electron chi connectivity index (χ2n) is 6.62. The Morgan fingerprint density at radius 3 is 2.44 bits per heavy atom. The first kappa shape index (κ1) is 23.9. The number of ether oxygens (including phenoxy) is 2. The molecular formula is C24H18I2N2O4. The van der Waals surface area contributed by atoms with Gasteiger partial charge < -0.3 is 19.9 Å². The molecule has 0 aliphatic carbocycles. The number of nitriles is 1. The minimum atomic E-state index is -0.550. The average molecular weight is 652 g/mol. The third kappa shape index (κ3) is 6.37. The number of halogens is 2. The summed E-state index contributed by atoms with van der Waals surface area (Å²) in [4.78, 5) is 12.5. The van der Waals surface area contributed by atoms with Crippen molar-refractivity contribution in [2.45, 2.75) is 6.61 Å². The van der Waals surface area contributed by atoms with Crippen LogP contribution in [-0.4, -0.2) is 18.1 Å². The zero-order valence-corrected chi connectivity index (χ0v) is 21.2. The summed E-state index contributed by atoms with van der Waals surface area (Å²) in [6.07, 6.45) is 1.49. The van der Waals surface area contributed by atoms with Crippen LogP contribution in [0.3, 0.4) is 0 Å². The molecule has 162 valence electrons.